The van der Waals surface area contributed by atoms with Crippen molar-refractivity contribution >= 4 is 11.6 Å². The van der Waals surface area contributed by atoms with Crippen LogP contribution in [0.25, 0.3) is 10.4 Å². The van der Waals surface area contributed by atoms with Gasteiger partial charge in [-0.15, -0.1) is 0 Å². The van der Waals surface area contributed by atoms with Crippen LogP contribution in [-0.4, -0.2) is 18.5 Å². The number of nitrogens with one attached hydrogen (secondary N) is 1. The first-order chi connectivity index (χ1) is 7.24. The Labute approximate surface area is 86.7 Å². The smallest absolute Gasteiger partial charge is 0.228 e. The number of hydrogen-bond acceptors (Lipinski definition) is 3. The van der Waals surface area contributed by atoms with E-state index in [2.05, 4.69) is 15.3 Å². The molecule has 1 atom stereocenters. The summed E-state index contributed by atoms with van der Waals surface area (Å²) in [6.07, 6.45) is 0. The van der Waals surface area contributed by atoms with Crippen molar-refractivity contribution in [1.82, 2.24) is 0 Å². The average molecular weight is 205 g/mol. The molecule has 1 aromatic rings. The van der Waals surface area contributed by atoms with Crippen molar-refractivity contribution in [3.05, 3.63) is 40.8 Å². The van der Waals surface area contributed by atoms with Gasteiger partial charge in [-0.2, -0.15) is 0 Å². The predicted molar refractivity (Wildman–Crippen MR) is 57.1 cm³/mol. The van der Waals surface area contributed by atoms with Crippen molar-refractivity contribution in [1.29, 1.82) is 0 Å². The van der Waals surface area contributed by atoms with Crippen molar-refractivity contribution in [2.24, 2.45) is 10.8 Å². The van der Waals surface area contributed by atoms with Gasteiger partial charge < -0.3 is 11.1 Å². The highest BCUT2D eigenvalue weighted by Crippen LogP contribution is 2.05. The van der Waals surface area contributed by atoms with Crippen LogP contribution in [-0.2, 0) is 4.79 Å². The predicted octanol–water partition coefficient (Wildman–Crippen LogP) is 1.26. The molecule has 6 heteroatoms. The molecule has 0 aliphatic carbocycles. The fourth-order valence-corrected chi connectivity index (χ4v) is 1.03. The molecule has 3 N–H and O–H groups in total. The normalized spacial score (nSPS) is 11.2. The standard InChI is InChI=1S/C9H11N5O/c10-9(15)8(13-14-11)6-12-7-4-2-1-3-5-7/h1-5,8,12H,6H2,(H2,10,15). The van der Waals surface area contributed by atoms with Gasteiger partial charge in [0.05, 0.1) is 0 Å². The van der Waals surface area contributed by atoms with Gasteiger partial charge in [-0.05, 0) is 17.7 Å². The Morgan fingerprint density at radius 1 is 1.53 bits per heavy atom. The Bertz CT molecular complexity index is 369. The first kappa shape index (κ1) is 10.9. The first-order valence-corrected chi connectivity index (χ1v) is 4.36. The first-order valence-electron chi connectivity index (χ1n) is 4.36. The second-order valence-electron chi connectivity index (χ2n) is 2.87. The Morgan fingerprint density at radius 3 is 2.73 bits per heavy atom. The van der Waals surface area contributed by atoms with Crippen molar-refractivity contribution in [2.75, 3.05) is 11.9 Å². The number of amides is 1. The van der Waals surface area contributed by atoms with Gasteiger partial charge in [0.15, 0.2) is 0 Å². The zero-order valence-electron chi connectivity index (χ0n) is 8.00. The molecule has 0 saturated heterocycles. The number of benzene rings is 1. The second-order valence-corrected chi connectivity index (χ2v) is 2.87. The van der Waals surface area contributed by atoms with Gasteiger partial charge in [-0.1, -0.05) is 23.3 Å². The molecule has 1 rings (SSSR count). The van der Waals surface area contributed by atoms with Crippen LogP contribution in [0.3, 0.4) is 0 Å². The third-order valence-corrected chi connectivity index (χ3v) is 1.79. The van der Waals surface area contributed by atoms with Gasteiger partial charge >= 0.3 is 0 Å². The summed E-state index contributed by atoms with van der Waals surface area (Å²) in [4.78, 5) is 13.4. The minimum atomic E-state index is -0.866. The highest BCUT2D eigenvalue weighted by Gasteiger charge is 2.12. The lowest BCUT2D eigenvalue weighted by molar-refractivity contribution is -0.118. The van der Waals surface area contributed by atoms with Crippen LogP contribution in [0.5, 0.6) is 0 Å². The zero-order valence-corrected chi connectivity index (χ0v) is 8.00. The van der Waals surface area contributed by atoms with E-state index in [1.54, 1.807) is 0 Å². The molecule has 6 nitrogen and oxygen atoms in total. The number of carbonyl (C=O) groups excluding carboxylic acids is 1. The van der Waals surface area contributed by atoms with Crippen molar-refractivity contribution < 1.29 is 4.79 Å². The van der Waals surface area contributed by atoms with E-state index >= 15 is 0 Å². The number of para-hydroxylation sites is 1. The molecule has 0 aliphatic heterocycles. The number of azide groups is 1. The van der Waals surface area contributed by atoms with Crippen LogP contribution in [0.15, 0.2) is 35.4 Å². The Hall–Kier alpha value is -2.20. The number of rotatable bonds is 5. The lowest BCUT2D eigenvalue weighted by Crippen LogP contribution is -2.32. The molecular formula is C9H11N5O. The fourth-order valence-electron chi connectivity index (χ4n) is 1.03. The van der Waals surface area contributed by atoms with E-state index in [1.807, 2.05) is 30.3 Å². The van der Waals surface area contributed by atoms with E-state index in [1.165, 1.54) is 0 Å². The van der Waals surface area contributed by atoms with E-state index < -0.39 is 11.9 Å². The summed E-state index contributed by atoms with van der Waals surface area (Å²) in [5.41, 5.74) is 14.1. The summed E-state index contributed by atoms with van der Waals surface area (Å²) in [5, 5.41) is 6.23. The summed E-state index contributed by atoms with van der Waals surface area (Å²) in [6, 6.07) is 8.41. The lowest BCUT2D eigenvalue weighted by Gasteiger charge is -2.09. The maximum atomic E-state index is 10.8. The van der Waals surface area contributed by atoms with Gasteiger partial charge in [0.25, 0.3) is 0 Å². The number of carbonyl (C=O) groups is 1. The van der Waals surface area contributed by atoms with Crippen LogP contribution in [0, 0.1) is 0 Å². The summed E-state index contributed by atoms with van der Waals surface area (Å²) < 4.78 is 0. The third kappa shape index (κ3) is 3.58. The monoisotopic (exact) mass is 205 g/mol. The van der Waals surface area contributed by atoms with Crippen LogP contribution in [0.4, 0.5) is 5.69 Å². The van der Waals surface area contributed by atoms with Gasteiger partial charge in [0, 0.05) is 17.1 Å². The molecule has 0 fully saturated rings. The molecule has 0 saturated carbocycles. The SMILES string of the molecule is [N-]=[N+]=NC(CNc1ccccc1)C(N)=O. The minimum Gasteiger partial charge on any atom is -0.384 e. The maximum absolute atomic E-state index is 10.8. The number of primary amides is 1. The molecule has 0 aromatic heterocycles. The van der Waals surface area contributed by atoms with Crippen LogP contribution < -0.4 is 11.1 Å². The number of nitrogens with zero attached hydrogens (tertiary/aromatic N) is 3. The number of anilines is 1. The highest BCUT2D eigenvalue weighted by molar-refractivity contribution is 5.80. The summed E-state index contributed by atoms with van der Waals surface area (Å²) in [7, 11) is 0. The van der Waals surface area contributed by atoms with Gasteiger partial charge in [-0.25, -0.2) is 0 Å². The molecule has 1 aromatic carbocycles. The zero-order chi connectivity index (χ0) is 11.1. The van der Waals surface area contributed by atoms with Gasteiger partial charge in [0.2, 0.25) is 5.91 Å². The molecule has 0 heterocycles. The van der Waals surface area contributed by atoms with E-state index in [4.69, 9.17) is 11.3 Å². The van der Waals surface area contributed by atoms with Crippen LogP contribution in [0.2, 0.25) is 0 Å². The molecule has 78 valence electrons. The molecule has 0 aliphatic rings. The van der Waals surface area contributed by atoms with E-state index in [9.17, 15) is 4.79 Å². The van der Waals surface area contributed by atoms with Gasteiger partial charge in [-0.3, -0.25) is 4.79 Å². The second kappa shape index (κ2) is 5.51. The Morgan fingerprint density at radius 2 is 2.20 bits per heavy atom. The van der Waals surface area contributed by atoms with E-state index in [-0.39, 0.29) is 6.54 Å². The molecule has 0 bridgehead atoms. The third-order valence-electron chi connectivity index (χ3n) is 1.79. The molecule has 0 radical (unpaired) electrons. The molecule has 1 amide bonds. The van der Waals surface area contributed by atoms with Crippen molar-refractivity contribution in [2.45, 2.75) is 6.04 Å². The van der Waals surface area contributed by atoms with E-state index in [0.29, 0.717) is 0 Å². The summed E-state index contributed by atoms with van der Waals surface area (Å²) in [6.45, 7) is 0.198. The fraction of sp³-hybridized carbons (Fsp3) is 0.222. The largest absolute Gasteiger partial charge is 0.384 e. The molecule has 0 spiro atoms. The molecule has 1 unspecified atom stereocenters. The van der Waals surface area contributed by atoms with Crippen molar-refractivity contribution in [3.8, 4) is 0 Å². The van der Waals surface area contributed by atoms with Gasteiger partial charge in [0.1, 0.15) is 6.04 Å². The number of hydrogen-bond donors (Lipinski definition) is 2. The average Bonchev–Trinajstić information content (AvgIpc) is 2.25. The summed E-state index contributed by atoms with van der Waals surface area (Å²) >= 11 is 0. The summed E-state index contributed by atoms with van der Waals surface area (Å²) in [5.74, 6) is -0.642. The van der Waals surface area contributed by atoms with Crippen molar-refractivity contribution in [3.63, 3.8) is 0 Å². The lowest BCUT2D eigenvalue weighted by atomic mass is 10.2. The Kier molecular flexibility index (Phi) is 4.00. The molecule has 15 heavy (non-hydrogen) atoms. The van der Waals surface area contributed by atoms with Crippen LogP contribution >= 0.6 is 0 Å². The van der Waals surface area contributed by atoms with E-state index in [0.717, 1.165) is 5.69 Å². The highest BCUT2D eigenvalue weighted by atomic mass is 16.1. The Balaban J connectivity index is 2.54. The minimum absolute atomic E-state index is 0.198. The quantitative estimate of drug-likeness (QED) is 0.429. The van der Waals surface area contributed by atoms with Crippen LogP contribution in [0.1, 0.15) is 0 Å². The maximum Gasteiger partial charge on any atom is 0.228 e. The molecular weight excluding hydrogens is 194 g/mol. The topological polar surface area (TPSA) is 104 Å². The number of nitrogens with two attached hydrogens (primary N) is 1.